The number of nitrogens with one attached hydrogen (secondary N) is 2. The maximum absolute atomic E-state index is 12.0. The zero-order valence-electron chi connectivity index (χ0n) is 10.6. The molecule has 0 unspecified atom stereocenters. The molecule has 2 N–H and O–H groups in total. The topological polar surface area (TPSA) is 92.3 Å². The highest BCUT2D eigenvalue weighted by Gasteiger charge is 2.26. The molecule has 0 amide bonds. The third kappa shape index (κ3) is 5.48. The van der Waals surface area contributed by atoms with Crippen LogP contribution in [0.2, 0.25) is 0 Å². The normalized spacial score (nSPS) is 13.7. The minimum absolute atomic E-state index is 0.0489. The molecule has 110 valence electrons. The van der Waals surface area contributed by atoms with Gasteiger partial charge in [-0.1, -0.05) is 0 Å². The molecule has 0 aromatic carbocycles. The van der Waals surface area contributed by atoms with Crippen molar-refractivity contribution in [1.29, 1.82) is 0 Å². The monoisotopic (exact) mass is 390 g/mol. The van der Waals surface area contributed by atoms with Gasteiger partial charge in [0.25, 0.3) is 10.0 Å². The fourth-order valence-corrected chi connectivity index (χ4v) is 6.02. The number of sulfonamides is 2. The Hall–Kier alpha value is -0.0000000000000000555. The van der Waals surface area contributed by atoms with E-state index in [2.05, 4.69) is 25.4 Å². The molecule has 0 fully saturated rings. The highest BCUT2D eigenvalue weighted by molar-refractivity contribution is 9.10. The summed E-state index contributed by atoms with van der Waals surface area (Å²) in [5.41, 5.74) is -0.912. The van der Waals surface area contributed by atoms with Crippen molar-refractivity contribution in [1.82, 2.24) is 9.44 Å². The molecule has 19 heavy (non-hydrogen) atoms. The Bertz CT molecular complexity index is 649. The summed E-state index contributed by atoms with van der Waals surface area (Å²) in [5, 5.41) is 1.65. The number of hydrogen-bond donors (Lipinski definition) is 2. The van der Waals surface area contributed by atoms with Crippen LogP contribution in [0.4, 0.5) is 0 Å². The molecule has 0 aliphatic rings. The standard InChI is InChI=1S/C9H15BrN2O4S3/c1-9(2,12-18(3,13)14)6-11-19(15,16)8-7(10)4-5-17-8/h4-5,11-12H,6H2,1-3H3. The second kappa shape index (κ2) is 5.78. The van der Waals surface area contributed by atoms with Crippen LogP contribution < -0.4 is 9.44 Å². The first-order valence-electron chi connectivity index (χ1n) is 5.15. The average molecular weight is 391 g/mol. The maximum Gasteiger partial charge on any atom is 0.251 e. The van der Waals surface area contributed by atoms with Crippen LogP contribution in [0.25, 0.3) is 0 Å². The quantitative estimate of drug-likeness (QED) is 0.760. The van der Waals surface area contributed by atoms with Crippen LogP contribution in [-0.4, -0.2) is 35.2 Å². The van der Waals surface area contributed by atoms with Gasteiger partial charge >= 0.3 is 0 Å². The molecule has 0 saturated heterocycles. The van der Waals surface area contributed by atoms with Gasteiger partial charge in [0.1, 0.15) is 4.21 Å². The van der Waals surface area contributed by atoms with E-state index in [4.69, 9.17) is 0 Å². The summed E-state index contributed by atoms with van der Waals surface area (Å²) in [5.74, 6) is 0. The third-order valence-corrected chi connectivity index (χ3v) is 6.99. The summed E-state index contributed by atoms with van der Waals surface area (Å²) >= 11 is 4.24. The Labute approximate surface area is 125 Å². The SMILES string of the molecule is CC(C)(CNS(=O)(=O)c1sccc1Br)NS(C)(=O)=O. The van der Waals surface area contributed by atoms with Crippen molar-refractivity contribution in [3.63, 3.8) is 0 Å². The first-order valence-corrected chi connectivity index (χ1v) is 10.2. The van der Waals surface area contributed by atoms with E-state index in [0.717, 1.165) is 17.6 Å². The van der Waals surface area contributed by atoms with Crippen LogP contribution >= 0.6 is 27.3 Å². The molecule has 1 aromatic heterocycles. The van der Waals surface area contributed by atoms with Gasteiger partial charge in [-0.2, -0.15) is 0 Å². The Kier molecular flexibility index (Phi) is 5.19. The van der Waals surface area contributed by atoms with E-state index in [1.165, 1.54) is 0 Å². The Morgan fingerprint density at radius 3 is 2.32 bits per heavy atom. The number of hydrogen-bond acceptors (Lipinski definition) is 5. The van der Waals surface area contributed by atoms with E-state index in [0.29, 0.717) is 4.47 Å². The largest absolute Gasteiger partial charge is 0.251 e. The lowest BCUT2D eigenvalue weighted by atomic mass is 10.1. The molecular formula is C9H15BrN2O4S3. The minimum atomic E-state index is -3.65. The summed E-state index contributed by atoms with van der Waals surface area (Å²) in [6, 6.07) is 1.64. The first kappa shape index (κ1) is 17.1. The molecule has 1 aromatic rings. The first-order chi connectivity index (χ1) is 8.43. The van der Waals surface area contributed by atoms with Crippen LogP contribution in [0.5, 0.6) is 0 Å². The van der Waals surface area contributed by atoms with Crippen LogP contribution in [0, 0.1) is 0 Å². The van der Waals surface area contributed by atoms with Crippen molar-refractivity contribution in [3.8, 4) is 0 Å². The average Bonchev–Trinajstić information content (AvgIpc) is 2.59. The van der Waals surface area contributed by atoms with Gasteiger partial charge < -0.3 is 0 Å². The van der Waals surface area contributed by atoms with Gasteiger partial charge in [-0.05, 0) is 41.2 Å². The van der Waals surface area contributed by atoms with Crippen LogP contribution in [0.1, 0.15) is 13.8 Å². The number of halogens is 1. The van der Waals surface area contributed by atoms with Gasteiger partial charge in [-0.3, -0.25) is 0 Å². The summed E-state index contributed by atoms with van der Waals surface area (Å²) in [4.78, 5) is 0. The van der Waals surface area contributed by atoms with E-state index in [1.807, 2.05) is 0 Å². The van der Waals surface area contributed by atoms with Crippen LogP contribution in [-0.2, 0) is 20.0 Å². The molecule has 0 saturated carbocycles. The van der Waals surface area contributed by atoms with Crippen LogP contribution in [0.15, 0.2) is 20.1 Å². The molecular weight excluding hydrogens is 376 g/mol. The highest BCUT2D eigenvalue weighted by Crippen LogP contribution is 2.27. The summed E-state index contributed by atoms with van der Waals surface area (Å²) < 4.78 is 51.8. The van der Waals surface area contributed by atoms with Crippen molar-refractivity contribution < 1.29 is 16.8 Å². The van der Waals surface area contributed by atoms with Crippen molar-refractivity contribution in [3.05, 3.63) is 15.9 Å². The lowest BCUT2D eigenvalue weighted by Gasteiger charge is -2.25. The van der Waals surface area contributed by atoms with E-state index in [9.17, 15) is 16.8 Å². The molecule has 1 rings (SSSR count). The van der Waals surface area contributed by atoms with Gasteiger partial charge in [0.2, 0.25) is 10.0 Å². The summed E-state index contributed by atoms with van der Waals surface area (Å²) in [6.45, 7) is 3.15. The number of thiophene rings is 1. The van der Waals surface area contributed by atoms with E-state index < -0.39 is 25.6 Å². The molecule has 0 spiro atoms. The zero-order valence-corrected chi connectivity index (χ0v) is 14.6. The zero-order chi connectivity index (χ0) is 14.9. The fraction of sp³-hybridized carbons (Fsp3) is 0.556. The molecule has 0 bridgehead atoms. The van der Waals surface area contributed by atoms with Crippen molar-refractivity contribution in [2.45, 2.75) is 23.6 Å². The lowest BCUT2D eigenvalue weighted by Crippen LogP contribution is -2.50. The van der Waals surface area contributed by atoms with Gasteiger partial charge in [0, 0.05) is 16.6 Å². The van der Waals surface area contributed by atoms with Crippen molar-refractivity contribution in [2.75, 3.05) is 12.8 Å². The van der Waals surface area contributed by atoms with E-state index in [1.54, 1.807) is 25.3 Å². The van der Waals surface area contributed by atoms with Gasteiger partial charge in [-0.25, -0.2) is 26.3 Å². The Morgan fingerprint density at radius 2 is 1.89 bits per heavy atom. The molecule has 1 heterocycles. The minimum Gasteiger partial charge on any atom is -0.213 e. The number of rotatable bonds is 6. The van der Waals surface area contributed by atoms with Crippen molar-refractivity contribution >= 4 is 47.3 Å². The smallest absolute Gasteiger partial charge is 0.213 e. The molecule has 0 atom stereocenters. The van der Waals surface area contributed by atoms with Gasteiger partial charge in [-0.15, -0.1) is 11.3 Å². The summed E-state index contributed by atoms with van der Waals surface area (Å²) in [7, 11) is -7.05. The second-order valence-electron chi connectivity index (χ2n) is 4.64. The Balaban J connectivity index is 2.80. The second-order valence-corrected chi connectivity index (χ2v) is 10.1. The maximum atomic E-state index is 12.0. The van der Waals surface area contributed by atoms with Crippen LogP contribution in [0.3, 0.4) is 0 Å². The molecule has 6 nitrogen and oxygen atoms in total. The fourth-order valence-electron chi connectivity index (χ4n) is 1.35. The Morgan fingerprint density at radius 1 is 1.32 bits per heavy atom. The highest BCUT2D eigenvalue weighted by atomic mass is 79.9. The predicted octanol–water partition coefficient (Wildman–Crippen LogP) is 1.12. The molecule has 10 heteroatoms. The predicted molar refractivity (Wildman–Crippen MR) is 79.3 cm³/mol. The van der Waals surface area contributed by atoms with Crippen molar-refractivity contribution in [2.24, 2.45) is 0 Å². The van der Waals surface area contributed by atoms with Gasteiger partial charge in [0.15, 0.2) is 0 Å². The van der Waals surface area contributed by atoms with E-state index in [-0.39, 0.29) is 10.8 Å². The summed E-state index contributed by atoms with van der Waals surface area (Å²) in [6.07, 6.45) is 1.03. The van der Waals surface area contributed by atoms with Gasteiger partial charge in [0.05, 0.1) is 6.26 Å². The third-order valence-electron chi connectivity index (χ3n) is 1.99. The van der Waals surface area contributed by atoms with E-state index >= 15 is 0 Å². The lowest BCUT2D eigenvalue weighted by molar-refractivity contribution is 0.446. The molecule has 0 aliphatic carbocycles. The molecule has 0 aliphatic heterocycles. The molecule has 0 radical (unpaired) electrons.